The molecular formula is C29H30N4O3S. The van der Waals surface area contributed by atoms with Crippen LogP contribution in [0.1, 0.15) is 34.9 Å². The van der Waals surface area contributed by atoms with E-state index in [-0.39, 0.29) is 24.1 Å². The lowest BCUT2D eigenvalue weighted by Gasteiger charge is -2.32. The number of likely N-dealkylation sites (tertiary alicyclic amines) is 1. The van der Waals surface area contributed by atoms with E-state index < -0.39 is 0 Å². The van der Waals surface area contributed by atoms with Gasteiger partial charge in [-0.25, -0.2) is 4.98 Å². The molecule has 2 aliphatic rings. The number of para-hydroxylation sites is 1. The van der Waals surface area contributed by atoms with Crippen molar-refractivity contribution in [2.75, 3.05) is 26.2 Å². The van der Waals surface area contributed by atoms with E-state index in [1.807, 2.05) is 45.9 Å². The number of hydrogen-bond acceptors (Lipinski definition) is 6. The van der Waals surface area contributed by atoms with Crippen molar-refractivity contribution in [1.29, 1.82) is 0 Å². The third kappa shape index (κ3) is 5.04. The molecule has 0 aliphatic carbocycles. The average Bonchev–Trinajstić information content (AvgIpc) is 3.32. The molecule has 37 heavy (non-hydrogen) atoms. The highest BCUT2D eigenvalue weighted by atomic mass is 32.1. The first-order valence-electron chi connectivity index (χ1n) is 12.9. The number of amides is 1. The number of piperidine rings is 1. The van der Waals surface area contributed by atoms with Crippen molar-refractivity contribution in [3.8, 4) is 5.75 Å². The minimum atomic E-state index is -0.0420. The van der Waals surface area contributed by atoms with E-state index in [1.165, 1.54) is 16.9 Å². The Morgan fingerprint density at radius 2 is 1.73 bits per heavy atom. The van der Waals surface area contributed by atoms with Gasteiger partial charge in [0.05, 0.1) is 18.3 Å². The van der Waals surface area contributed by atoms with Crippen LogP contribution in [0.4, 0.5) is 0 Å². The second-order valence-corrected chi connectivity index (χ2v) is 10.9. The van der Waals surface area contributed by atoms with Gasteiger partial charge in [-0.05, 0) is 42.5 Å². The molecular weight excluding hydrogens is 484 g/mol. The van der Waals surface area contributed by atoms with Crippen molar-refractivity contribution in [3.63, 3.8) is 0 Å². The second kappa shape index (κ2) is 10.5. The number of ether oxygens (including phenoxy) is 1. The van der Waals surface area contributed by atoms with Gasteiger partial charge in [0.15, 0.2) is 6.61 Å². The molecule has 6 rings (SSSR count). The van der Waals surface area contributed by atoms with Crippen LogP contribution in [0.25, 0.3) is 10.2 Å². The first kappa shape index (κ1) is 23.9. The zero-order valence-electron chi connectivity index (χ0n) is 20.7. The summed E-state index contributed by atoms with van der Waals surface area (Å²) >= 11 is 1.54. The minimum absolute atomic E-state index is 0.0122. The third-order valence-corrected chi connectivity index (χ3v) is 8.57. The number of hydrogen-bond donors (Lipinski definition) is 0. The molecule has 1 fully saturated rings. The number of carbonyl (C=O) groups is 1. The van der Waals surface area contributed by atoms with E-state index >= 15 is 0 Å². The Kier molecular flexibility index (Phi) is 6.76. The summed E-state index contributed by atoms with van der Waals surface area (Å²) in [6.45, 7) is 3.98. The zero-order chi connectivity index (χ0) is 25.2. The van der Waals surface area contributed by atoms with Crippen molar-refractivity contribution in [1.82, 2.24) is 19.4 Å². The largest absolute Gasteiger partial charge is 0.484 e. The molecule has 2 aromatic heterocycles. The van der Waals surface area contributed by atoms with E-state index in [4.69, 9.17) is 9.72 Å². The first-order chi connectivity index (χ1) is 18.2. The summed E-state index contributed by atoms with van der Waals surface area (Å²) in [5.41, 5.74) is 2.46. The number of carbonyl (C=O) groups excluding carboxylic acids is 1. The Hall–Kier alpha value is -3.49. The third-order valence-electron chi connectivity index (χ3n) is 7.44. The minimum Gasteiger partial charge on any atom is -0.484 e. The monoisotopic (exact) mass is 514 g/mol. The smallest absolute Gasteiger partial charge is 0.262 e. The van der Waals surface area contributed by atoms with Gasteiger partial charge >= 0.3 is 0 Å². The Balaban J connectivity index is 1.13. The summed E-state index contributed by atoms with van der Waals surface area (Å²) in [6.07, 6.45) is 4.29. The molecule has 190 valence electrons. The van der Waals surface area contributed by atoms with E-state index in [2.05, 4.69) is 29.2 Å². The molecule has 0 unspecified atom stereocenters. The van der Waals surface area contributed by atoms with Gasteiger partial charge in [0.25, 0.3) is 11.5 Å². The van der Waals surface area contributed by atoms with Gasteiger partial charge < -0.3 is 9.64 Å². The number of nitrogens with zero attached hydrogens (tertiary/aromatic N) is 4. The molecule has 2 aromatic carbocycles. The van der Waals surface area contributed by atoms with Crippen LogP contribution in [0.2, 0.25) is 0 Å². The molecule has 0 spiro atoms. The second-order valence-electron chi connectivity index (χ2n) is 9.80. The van der Waals surface area contributed by atoms with Crippen LogP contribution >= 0.6 is 11.3 Å². The van der Waals surface area contributed by atoms with Crippen LogP contribution in [0, 0.1) is 0 Å². The van der Waals surface area contributed by atoms with Gasteiger partial charge in [-0.3, -0.25) is 19.1 Å². The van der Waals surface area contributed by atoms with E-state index in [1.54, 1.807) is 6.33 Å². The number of thiophene rings is 1. The molecule has 0 radical (unpaired) electrons. The maximum absolute atomic E-state index is 13.6. The van der Waals surface area contributed by atoms with Gasteiger partial charge in [-0.2, -0.15) is 0 Å². The van der Waals surface area contributed by atoms with Crippen LogP contribution in [0.5, 0.6) is 5.75 Å². The van der Waals surface area contributed by atoms with Gasteiger partial charge in [0.1, 0.15) is 10.6 Å². The van der Waals surface area contributed by atoms with Crippen molar-refractivity contribution >= 4 is 27.5 Å². The molecule has 0 atom stereocenters. The number of rotatable bonds is 6. The van der Waals surface area contributed by atoms with Crippen molar-refractivity contribution < 1.29 is 9.53 Å². The van der Waals surface area contributed by atoms with Crippen molar-refractivity contribution in [2.45, 2.75) is 38.4 Å². The highest BCUT2D eigenvalue weighted by molar-refractivity contribution is 7.18. The molecule has 1 saturated heterocycles. The van der Waals surface area contributed by atoms with Crippen LogP contribution in [0.15, 0.2) is 71.8 Å². The summed E-state index contributed by atoms with van der Waals surface area (Å²) < 4.78 is 7.52. The topological polar surface area (TPSA) is 67.7 Å². The van der Waals surface area contributed by atoms with Crippen LogP contribution < -0.4 is 10.3 Å². The Morgan fingerprint density at radius 1 is 1.00 bits per heavy atom. The zero-order valence-corrected chi connectivity index (χ0v) is 21.5. The normalized spacial score (nSPS) is 16.6. The molecule has 4 heterocycles. The number of benzene rings is 2. The summed E-state index contributed by atoms with van der Waals surface area (Å²) in [5.74, 6) is 0.644. The quantitative estimate of drug-likeness (QED) is 0.385. The average molecular weight is 515 g/mol. The SMILES string of the molecule is O=C(COc1ccccc1)N1CCc2c(sc3ncn(C4CCN(Cc5ccccc5)CC4)c(=O)c23)C1. The van der Waals surface area contributed by atoms with Crippen LogP contribution in [-0.4, -0.2) is 51.5 Å². The Bertz CT molecular complexity index is 1440. The first-order valence-corrected chi connectivity index (χ1v) is 13.7. The fourth-order valence-electron chi connectivity index (χ4n) is 5.42. The van der Waals surface area contributed by atoms with Gasteiger partial charge in [-0.15, -0.1) is 11.3 Å². The van der Waals surface area contributed by atoms with Gasteiger partial charge in [0.2, 0.25) is 0 Å². The lowest BCUT2D eigenvalue weighted by atomic mass is 10.0. The van der Waals surface area contributed by atoms with E-state index in [0.717, 1.165) is 53.1 Å². The molecule has 1 amide bonds. The highest BCUT2D eigenvalue weighted by Gasteiger charge is 2.28. The van der Waals surface area contributed by atoms with Gasteiger partial charge in [0, 0.05) is 37.1 Å². The van der Waals surface area contributed by atoms with Crippen molar-refractivity contribution in [2.24, 2.45) is 0 Å². The lowest BCUT2D eigenvalue weighted by Crippen LogP contribution is -2.39. The summed E-state index contributed by atoms with van der Waals surface area (Å²) in [4.78, 5) is 37.2. The summed E-state index contributed by atoms with van der Waals surface area (Å²) in [5, 5.41) is 0.752. The predicted molar refractivity (Wildman–Crippen MR) is 145 cm³/mol. The maximum Gasteiger partial charge on any atom is 0.262 e. The maximum atomic E-state index is 13.6. The van der Waals surface area contributed by atoms with E-state index in [0.29, 0.717) is 25.3 Å². The predicted octanol–water partition coefficient (Wildman–Crippen LogP) is 4.26. The highest BCUT2D eigenvalue weighted by Crippen LogP contribution is 2.33. The van der Waals surface area contributed by atoms with Crippen LogP contribution in [-0.2, 0) is 24.3 Å². The fraction of sp³-hybridized carbons (Fsp3) is 0.345. The number of fused-ring (bicyclic) bond motifs is 3. The van der Waals surface area contributed by atoms with Gasteiger partial charge in [-0.1, -0.05) is 48.5 Å². The van der Waals surface area contributed by atoms with E-state index in [9.17, 15) is 9.59 Å². The number of aromatic nitrogens is 2. The Labute approximate surface area is 219 Å². The lowest BCUT2D eigenvalue weighted by molar-refractivity contribution is -0.134. The molecule has 4 aromatic rings. The molecule has 8 heteroatoms. The molecule has 0 bridgehead atoms. The standard InChI is InChI=1S/C29H30N4O3S/c34-26(19-36-23-9-5-2-6-10-23)32-16-13-24-25(18-32)37-28-27(24)29(35)33(20-30-28)22-11-14-31(15-12-22)17-21-7-3-1-4-8-21/h1-10,20,22H,11-19H2. The molecule has 0 N–H and O–H groups in total. The summed E-state index contributed by atoms with van der Waals surface area (Å²) in [6, 6.07) is 20.1. The Morgan fingerprint density at radius 3 is 2.49 bits per heavy atom. The molecule has 0 saturated carbocycles. The molecule has 2 aliphatic heterocycles. The van der Waals surface area contributed by atoms with Crippen LogP contribution in [0.3, 0.4) is 0 Å². The molecule has 7 nitrogen and oxygen atoms in total. The van der Waals surface area contributed by atoms with Crippen molar-refractivity contribution in [3.05, 3.63) is 93.3 Å². The summed E-state index contributed by atoms with van der Waals surface area (Å²) in [7, 11) is 0. The fourth-order valence-corrected chi connectivity index (χ4v) is 6.61.